The summed E-state index contributed by atoms with van der Waals surface area (Å²) in [6.07, 6.45) is 0.875. The van der Waals surface area contributed by atoms with Gasteiger partial charge in [0, 0.05) is 5.57 Å². The first-order chi connectivity index (χ1) is 8.81. The highest BCUT2D eigenvalue weighted by Crippen LogP contribution is 2.41. The summed E-state index contributed by atoms with van der Waals surface area (Å²) >= 11 is 0. The number of carbonyl (C=O) groups excluding carboxylic acids is 1. The predicted octanol–water partition coefficient (Wildman–Crippen LogP) is 2.73. The fourth-order valence-corrected chi connectivity index (χ4v) is 2.14. The maximum Gasteiger partial charge on any atom is 0.334 e. The first-order valence-corrected chi connectivity index (χ1v) is 7.68. The molecule has 0 aromatic heterocycles. The SMILES string of the molecule is BC(B)(C(C)C)C(C)CC(C)(C)OC(=O)C(C)=C(C)C. The zero-order valence-electron chi connectivity index (χ0n) is 15.2. The maximum absolute atomic E-state index is 12.1. The van der Waals surface area contributed by atoms with Crippen LogP contribution in [0.5, 0.6) is 0 Å². The molecule has 4 heteroatoms. The van der Waals surface area contributed by atoms with Crippen LogP contribution in [0.3, 0.4) is 0 Å². The lowest BCUT2D eigenvalue weighted by Gasteiger charge is -2.40. The average molecular weight is 278 g/mol. The van der Waals surface area contributed by atoms with E-state index in [-0.39, 0.29) is 11.2 Å². The van der Waals surface area contributed by atoms with Crippen molar-refractivity contribution in [2.45, 2.75) is 72.6 Å². The van der Waals surface area contributed by atoms with Crippen LogP contribution in [0.25, 0.3) is 0 Å². The number of allylic oxidation sites excluding steroid dienone is 1. The zero-order chi connectivity index (χ0) is 16.3. The Morgan fingerprint density at radius 2 is 1.55 bits per heavy atom. The van der Waals surface area contributed by atoms with Crippen LogP contribution in [0, 0.1) is 11.8 Å². The number of ether oxygens (including phenoxy) is 1. The third-order valence-electron chi connectivity index (χ3n) is 4.98. The van der Waals surface area contributed by atoms with Crippen molar-refractivity contribution in [3.8, 4) is 0 Å². The monoisotopic (exact) mass is 278 g/mol. The average Bonchev–Trinajstić information content (AvgIpc) is 2.25. The molecule has 0 spiro atoms. The van der Waals surface area contributed by atoms with Crippen molar-refractivity contribution in [2.75, 3.05) is 0 Å². The van der Waals surface area contributed by atoms with Crippen LogP contribution in [-0.2, 0) is 9.53 Å². The van der Waals surface area contributed by atoms with Crippen LogP contribution in [0.4, 0.5) is 0 Å². The molecule has 114 valence electrons. The van der Waals surface area contributed by atoms with Crippen LogP contribution in [-0.4, -0.2) is 27.3 Å². The molecule has 0 amide bonds. The quantitative estimate of drug-likeness (QED) is 0.424. The van der Waals surface area contributed by atoms with Gasteiger partial charge in [0.15, 0.2) is 0 Å². The number of esters is 1. The van der Waals surface area contributed by atoms with Crippen molar-refractivity contribution in [1.82, 2.24) is 0 Å². The lowest BCUT2D eigenvalue weighted by atomic mass is 9.43. The molecule has 0 aliphatic rings. The summed E-state index contributed by atoms with van der Waals surface area (Å²) in [5.74, 6) is 0.894. The number of carbonyl (C=O) groups is 1. The Labute approximate surface area is 127 Å². The van der Waals surface area contributed by atoms with E-state index in [1.807, 2.05) is 34.6 Å². The lowest BCUT2D eigenvalue weighted by Crippen LogP contribution is -2.36. The van der Waals surface area contributed by atoms with Crippen LogP contribution < -0.4 is 0 Å². The van der Waals surface area contributed by atoms with Crippen LogP contribution in [0.15, 0.2) is 11.1 Å². The van der Waals surface area contributed by atoms with Crippen molar-refractivity contribution in [2.24, 2.45) is 11.8 Å². The van der Waals surface area contributed by atoms with E-state index in [0.29, 0.717) is 17.4 Å². The summed E-state index contributed by atoms with van der Waals surface area (Å²) in [4.78, 5) is 12.1. The lowest BCUT2D eigenvalue weighted by molar-refractivity contribution is -0.153. The Bertz CT molecular complexity index is 378. The van der Waals surface area contributed by atoms with Gasteiger partial charge in [0.1, 0.15) is 5.60 Å². The van der Waals surface area contributed by atoms with Gasteiger partial charge in [-0.2, -0.15) is 0 Å². The van der Waals surface area contributed by atoms with Gasteiger partial charge in [0.25, 0.3) is 0 Å². The molecule has 0 aliphatic carbocycles. The molecule has 0 saturated carbocycles. The number of rotatable bonds is 6. The summed E-state index contributed by atoms with van der Waals surface area (Å²) in [5, 5.41) is 0.231. The Balaban J connectivity index is 4.85. The first-order valence-electron chi connectivity index (χ1n) is 7.68. The van der Waals surface area contributed by atoms with Gasteiger partial charge in [-0.15, -0.1) is 0 Å². The summed E-state index contributed by atoms with van der Waals surface area (Å²) < 4.78 is 5.71. The maximum atomic E-state index is 12.1. The Hall–Kier alpha value is -0.660. The van der Waals surface area contributed by atoms with Gasteiger partial charge < -0.3 is 4.74 Å². The summed E-state index contributed by atoms with van der Waals surface area (Å²) in [7, 11) is 4.59. The predicted molar refractivity (Wildman–Crippen MR) is 92.6 cm³/mol. The molecule has 0 aliphatic heterocycles. The van der Waals surface area contributed by atoms with E-state index in [2.05, 4.69) is 36.5 Å². The van der Waals surface area contributed by atoms with E-state index in [4.69, 9.17) is 4.74 Å². The second-order valence-electron chi connectivity index (χ2n) is 7.86. The third-order valence-corrected chi connectivity index (χ3v) is 4.98. The molecule has 2 nitrogen and oxygen atoms in total. The second-order valence-corrected chi connectivity index (χ2v) is 7.86. The molecule has 0 N–H and O–H groups in total. The van der Waals surface area contributed by atoms with Gasteiger partial charge in [-0.25, -0.2) is 4.79 Å². The van der Waals surface area contributed by atoms with Gasteiger partial charge in [-0.1, -0.05) is 37.5 Å². The molecule has 0 rings (SSSR count). The fourth-order valence-electron chi connectivity index (χ4n) is 2.14. The highest BCUT2D eigenvalue weighted by Gasteiger charge is 2.35. The van der Waals surface area contributed by atoms with E-state index in [0.717, 1.165) is 12.0 Å². The molecular formula is C16H32B2O2. The molecule has 0 aromatic carbocycles. The second kappa shape index (κ2) is 6.87. The van der Waals surface area contributed by atoms with E-state index in [1.54, 1.807) is 0 Å². The highest BCUT2D eigenvalue weighted by molar-refractivity contribution is 6.40. The minimum atomic E-state index is -0.431. The molecule has 0 saturated heterocycles. The molecule has 0 heterocycles. The van der Waals surface area contributed by atoms with E-state index in [9.17, 15) is 4.79 Å². The van der Waals surface area contributed by atoms with Crippen molar-refractivity contribution >= 4 is 21.7 Å². The van der Waals surface area contributed by atoms with Crippen molar-refractivity contribution in [3.63, 3.8) is 0 Å². The van der Waals surface area contributed by atoms with E-state index >= 15 is 0 Å². The standard InChI is InChI=1S/C16H32B2O2/c1-10(2)13(6)14(19)20-15(7,8)9-12(5)16(17,18)11(3)4/h11-12H,9,17-18H2,1-8H3. The van der Waals surface area contributed by atoms with Crippen LogP contribution in [0.1, 0.15) is 61.8 Å². The molecule has 20 heavy (non-hydrogen) atoms. The third kappa shape index (κ3) is 5.38. The van der Waals surface area contributed by atoms with E-state index < -0.39 is 5.60 Å². The number of hydrogen-bond donors (Lipinski definition) is 0. The van der Waals surface area contributed by atoms with Gasteiger partial charge in [-0.3, -0.25) is 0 Å². The molecular weight excluding hydrogens is 246 g/mol. The topological polar surface area (TPSA) is 26.3 Å². The summed E-state index contributed by atoms with van der Waals surface area (Å²) in [5.41, 5.74) is 1.30. The fraction of sp³-hybridized carbons (Fsp3) is 0.812. The van der Waals surface area contributed by atoms with Crippen molar-refractivity contribution in [1.29, 1.82) is 0 Å². The Morgan fingerprint density at radius 3 is 1.90 bits per heavy atom. The van der Waals surface area contributed by atoms with Gasteiger partial charge >= 0.3 is 5.97 Å². The molecule has 1 unspecified atom stereocenters. The largest absolute Gasteiger partial charge is 0.456 e. The molecule has 1 atom stereocenters. The van der Waals surface area contributed by atoms with Crippen LogP contribution >= 0.6 is 0 Å². The Morgan fingerprint density at radius 1 is 1.10 bits per heavy atom. The minimum absolute atomic E-state index is 0.190. The first kappa shape index (κ1) is 19.3. The summed E-state index contributed by atoms with van der Waals surface area (Å²) in [6.45, 7) is 16.5. The zero-order valence-corrected chi connectivity index (χ0v) is 15.2. The van der Waals surface area contributed by atoms with Gasteiger partial charge in [0.2, 0.25) is 0 Å². The van der Waals surface area contributed by atoms with Gasteiger partial charge in [-0.05, 0) is 47.0 Å². The Kier molecular flexibility index (Phi) is 6.64. The molecule has 0 fully saturated rings. The highest BCUT2D eigenvalue weighted by atomic mass is 16.6. The van der Waals surface area contributed by atoms with Crippen LogP contribution in [0.2, 0.25) is 5.21 Å². The minimum Gasteiger partial charge on any atom is -0.456 e. The molecule has 0 bridgehead atoms. The van der Waals surface area contributed by atoms with Crippen molar-refractivity contribution in [3.05, 3.63) is 11.1 Å². The molecule has 0 aromatic rings. The van der Waals surface area contributed by atoms with E-state index in [1.165, 1.54) is 0 Å². The smallest absolute Gasteiger partial charge is 0.334 e. The normalized spacial score (nSPS) is 14.1. The number of hydrogen-bond acceptors (Lipinski definition) is 2. The summed E-state index contributed by atoms with van der Waals surface area (Å²) in [6, 6.07) is 0. The van der Waals surface area contributed by atoms with Crippen molar-refractivity contribution < 1.29 is 9.53 Å². The molecule has 0 radical (unpaired) electrons. The van der Waals surface area contributed by atoms with Gasteiger partial charge in [0.05, 0.1) is 15.7 Å².